The summed E-state index contributed by atoms with van der Waals surface area (Å²) in [6.07, 6.45) is 28.0. The van der Waals surface area contributed by atoms with Crippen molar-refractivity contribution in [1.82, 2.24) is 0 Å². The highest BCUT2D eigenvalue weighted by Crippen LogP contribution is 2.29. The van der Waals surface area contributed by atoms with Gasteiger partial charge in [0.25, 0.3) is 0 Å². The van der Waals surface area contributed by atoms with Crippen LogP contribution >= 0.6 is 0 Å². The molecule has 48 heavy (non-hydrogen) atoms. The predicted octanol–water partition coefficient (Wildman–Crippen LogP) is 12.1. The van der Waals surface area contributed by atoms with E-state index in [-0.39, 0.29) is 0 Å². The minimum absolute atomic E-state index is 0.442. The van der Waals surface area contributed by atoms with Crippen molar-refractivity contribution in [2.75, 3.05) is 0 Å². The van der Waals surface area contributed by atoms with Crippen LogP contribution in [0.4, 0.5) is 0 Å². The van der Waals surface area contributed by atoms with Crippen molar-refractivity contribution in [1.29, 1.82) is 0 Å². The van der Waals surface area contributed by atoms with Crippen LogP contribution in [-0.4, -0.2) is 5.84 Å². The van der Waals surface area contributed by atoms with E-state index in [9.17, 15) is 0 Å². The van der Waals surface area contributed by atoms with E-state index in [1.807, 2.05) is 87.6 Å². The fourth-order valence-corrected chi connectivity index (χ4v) is 5.29. The molecule has 2 heteroatoms. The summed E-state index contributed by atoms with van der Waals surface area (Å²) in [5.41, 5.74) is 15.8. The molecule has 0 aliphatic heterocycles. The molecule has 0 aliphatic carbocycles. The second-order valence-electron chi connectivity index (χ2n) is 10.9. The average Bonchev–Trinajstić information content (AvgIpc) is 3.12. The first-order valence-electron chi connectivity index (χ1n) is 16.2. The van der Waals surface area contributed by atoms with E-state index in [1.54, 1.807) is 6.08 Å². The molecule has 4 rings (SSSR count). The van der Waals surface area contributed by atoms with Gasteiger partial charge in [0, 0.05) is 11.1 Å². The highest BCUT2D eigenvalue weighted by Gasteiger charge is 2.07. The summed E-state index contributed by atoms with van der Waals surface area (Å²) in [5.74, 6) is 0.442. The molecule has 0 atom stereocenters. The van der Waals surface area contributed by atoms with Gasteiger partial charge in [-0.1, -0.05) is 183 Å². The van der Waals surface area contributed by atoms with Crippen LogP contribution in [0.3, 0.4) is 0 Å². The molecule has 0 unspecified atom stereocenters. The molecule has 0 saturated heterocycles. The Hall–Kier alpha value is -5.99. The molecule has 238 valence electrons. The highest BCUT2D eigenvalue weighted by atomic mass is 14.9. The minimum atomic E-state index is 0.442. The lowest BCUT2D eigenvalue weighted by Gasteiger charge is -2.09. The molecule has 0 saturated carbocycles. The standard InChI is InChI=1S/C46H44N2/c1-6-11-20-35(10-5)38-27-31-41(32-28-38)45(26-15-13-21-37(19-9-4)36(17-7-2)18-8-3)48-46(47)42-33-29-40(30-34-42)44-25-16-23-39-22-12-14-24-43(39)44/h6-34H,2,5H2,1,3-4H3,(H2,47,48)/b11-6-,15-13+,18-8-,19-9-,35-20+,36-17+,37-21+,45-26+. The van der Waals surface area contributed by atoms with Crippen molar-refractivity contribution in [3.8, 4) is 11.1 Å². The Balaban J connectivity index is 1.73. The van der Waals surface area contributed by atoms with Crippen LogP contribution in [0.5, 0.6) is 0 Å². The Kier molecular flexibility index (Phi) is 13.2. The highest BCUT2D eigenvalue weighted by molar-refractivity contribution is 6.02. The van der Waals surface area contributed by atoms with Gasteiger partial charge in [0.2, 0.25) is 0 Å². The van der Waals surface area contributed by atoms with Crippen molar-refractivity contribution in [3.63, 3.8) is 0 Å². The number of amidine groups is 1. The minimum Gasteiger partial charge on any atom is -0.383 e. The summed E-state index contributed by atoms with van der Waals surface area (Å²) in [7, 11) is 0. The summed E-state index contributed by atoms with van der Waals surface area (Å²) in [5, 5.41) is 2.44. The monoisotopic (exact) mass is 624 g/mol. The zero-order chi connectivity index (χ0) is 34.1. The van der Waals surface area contributed by atoms with Crippen LogP contribution in [0, 0.1) is 0 Å². The summed E-state index contributed by atoms with van der Waals surface area (Å²) >= 11 is 0. The normalized spacial score (nSPS) is 13.9. The Labute approximate surface area is 286 Å². The molecular formula is C46H44N2. The third-order valence-electron chi connectivity index (χ3n) is 7.69. The second kappa shape index (κ2) is 18.2. The van der Waals surface area contributed by atoms with Gasteiger partial charge < -0.3 is 5.73 Å². The van der Waals surface area contributed by atoms with Crippen LogP contribution in [0.1, 0.15) is 37.5 Å². The first-order chi connectivity index (χ1) is 23.5. The van der Waals surface area contributed by atoms with Gasteiger partial charge in [0.1, 0.15) is 5.84 Å². The molecule has 0 amide bonds. The van der Waals surface area contributed by atoms with E-state index in [0.29, 0.717) is 5.84 Å². The molecule has 0 fully saturated rings. The zero-order valence-electron chi connectivity index (χ0n) is 28.2. The first kappa shape index (κ1) is 34.9. The molecule has 0 spiro atoms. The van der Waals surface area contributed by atoms with Crippen molar-refractivity contribution in [3.05, 3.63) is 217 Å². The molecule has 4 aromatic carbocycles. The van der Waals surface area contributed by atoms with E-state index in [2.05, 4.69) is 116 Å². The third-order valence-corrected chi connectivity index (χ3v) is 7.69. The molecule has 0 aliphatic rings. The number of rotatable bonds is 13. The van der Waals surface area contributed by atoms with Crippen LogP contribution in [0.25, 0.3) is 33.2 Å². The number of nitrogens with two attached hydrogens (primary N) is 1. The number of hydrogen-bond donors (Lipinski definition) is 1. The van der Waals surface area contributed by atoms with Crippen LogP contribution in [-0.2, 0) is 0 Å². The van der Waals surface area contributed by atoms with Crippen molar-refractivity contribution in [2.45, 2.75) is 20.8 Å². The Bertz CT molecular complexity index is 1990. The number of benzene rings is 4. The molecule has 2 N–H and O–H groups in total. The number of hydrogen-bond acceptors (Lipinski definition) is 1. The van der Waals surface area contributed by atoms with Gasteiger partial charge in [-0.25, -0.2) is 4.99 Å². The maximum atomic E-state index is 6.68. The number of allylic oxidation sites excluding steroid dienone is 17. The second-order valence-corrected chi connectivity index (χ2v) is 10.9. The summed E-state index contributed by atoms with van der Waals surface area (Å²) in [6, 6.07) is 31.4. The Morgan fingerprint density at radius 2 is 1.23 bits per heavy atom. The largest absolute Gasteiger partial charge is 0.383 e. The van der Waals surface area contributed by atoms with Gasteiger partial charge >= 0.3 is 0 Å². The van der Waals surface area contributed by atoms with Crippen LogP contribution in [0.15, 0.2) is 205 Å². The lowest BCUT2D eigenvalue weighted by Crippen LogP contribution is -2.13. The quantitative estimate of drug-likeness (QED) is 0.0897. The van der Waals surface area contributed by atoms with Crippen LogP contribution < -0.4 is 5.73 Å². The summed E-state index contributed by atoms with van der Waals surface area (Å²) < 4.78 is 0. The van der Waals surface area contributed by atoms with Crippen LogP contribution in [0.2, 0.25) is 0 Å². The van der Waals surface area contributed by atoms with Gasteiger partial charge in [-0.15, -0.1) is 0 Å². The molecule has 2 nitrogen and oxygen atoms in total. The molecule has 0 aromatic heterocycles. The smallest absolute Gasteiger partial charge is 0.131 e. The van der Waals surface area contributed by atoms with E-state index in [1.165, 1.54) is 16.3 Å². The molecule has 4 aromatic rings. The molecule has 0 radical (unpaired) electrons. The van der Waals surface area contributed by atoms with Crippen molar-refractivity contribution >= 4 is 27.9 Å². The first-order valence-corrected chi connectivity index (χ1v) is 16.2. The van der Waals surface area contributed by atoms with Gasteiger partial charge in [0.15, 0.2) is 0 Å². The number of fused-ring (bicyclic) bond motifs is 1. The van der Waals surface area contributed by atoms with Gasteiger partial charge in [0.05, 0.1) is 5.70 Å². The predicted molar refractivity (Wildman–Crippen MR) is 213 cm³/mol. The Morgan fingerprint density at radius 3 is 1.90 bits per heavy atom. The van der Waals surface area contributed by atoms with E-state index in [0.717, 1.165) is 44.7 Å². The lowest BCUT2D eigenvalue weighted by molar-refractivity contribution is 1.44. The van der Waals surface area contributed by atoms with Gasteiger partial charge in [-0.3, -0.25) is 0 Å². The number of aliphatic imine (C=N–C) groups is 1. The number of nitrogens with zero attached hydrogens (tertiary/aromatic N) is 1. The fraction of sp³-hybridized carbons (Fsp3) is 0.0652. The molecule has 0 heterocycles. The van der Waals surface area contributed by atoms with E-state index >= 15 is 0 Å². The van der Waals surface area contributed by atoms with Gasteiger partial charge in [-0.2, -0.15) is 0 Å². The zero-order valence-corrected chi connectivity index (χ0v) is 28.2. The van der Waals surface area contributed by atoms with E-state index in [4.69, 9.17) is 10.7 Å². The maximum absolute atomic E-state index is 6.68. The van der Waals surface area contributed by atoms with Crippen molar-refractivity contribution < 1.29 is 0 Å². The molecule has 0 bridgehead atoms. The summed E-state index contributed by atoms with van der Waals surface area (Å²) in [4.78, 5) is 4.95. The summed E-state index contributed by atoms with van der Waals surface area (Å²) in [6.45, 7) is 13.9. The van der Waals surface area contributed by atoms with Crippen molar-refractivity contribution in [2.24, 2.45) is 10.7 Å². The SMILES string of the molecule is C=C/C=C(\C=C/C)C(/C=C\C)=C/C=C/C=C(/N=C(N)c1ccc(-c2cccc3ccccc23)cc1)c1ccc(/C(C=C)=C/C=C\C)cc1. The third kappa shape index (κ3) is 9.28. The fourth-order valence-electron chi connectivity index (χ4n) is 5.29. The topological polar surface area (TPSA) is 38.4 Å². The van der Waals surface area contributed by atoms with Gasteiger partial charge in [-0.05, 0) is 71.0 Å². The average molecular weight is 625 g/mol. The van der Waals surface area contributed by atoms with E-state index < -0.39 is 0 Å². The molecular weight excluding hydrogens is 581 g/mol. The Morgan fingerprint density at radius 1 is 0.604 bits per heavy atom. The lowest BCUT2D eigenvalue weighted by atomic mass is 9.97. The maximum Gasteiger partial charge on any atom is 0.131 e.